The molecule has 22 unspecified atom stereocenters. The van der Waals surface area contributed by atoms with Gasteiger partial charge in [-0.25, -0.2) is 0 Å². The monoisotopic (exact) mass is 940 g/mol. The second-order valence-electron chi connectivity index (χ2n) is 19.4. The van der Waals surface area contributed by atoms with E-state index in [0.717, 1.165) is 6.42 Å². The minimum Gasteiger partial charge on any atom is -0.432 e. The molecule has 0 radical (unpaired) electrons. The van der Waals surface area contributed by atoms with Gasteiger partial charge in [-0.1, -0.05) is 19.9 Å². The molecule has 0 aromatic carbocycles. The van der Waals surface area contributed by atoms with Crippen LogP contribution >= 0.6 is 0 Å². The first-order valence-electron chi connectivity index (χ1n) is 22.6. The number of carbonyl (C=O) groups excluding carboxylic acids is 1. The Labute approximate surface area is 377 Å². The standard InChI is InChI=1S/C43H72O22/c1-17-13-19-7-10-25-42(3,11-6-12-43(25,4)41(57)65-39-34(55)31(52)28(49)23(15-45)61-39)20(19)8-9-21(17)59-40-36(63-37(56)32(53)26(47)18(2)58-5)35(29(50)24(16-46)62-40)64-38-33(54)30(51)27(48)22(14-44)60-38/h18-40,44-56H,1,6-16H2,2-5H3/t18?,19?,20-,21?,22?,23?,24?,25?,26?,27?,28?,29?,30?,31?,32?,33?,34?,35?,36?,37?,38?,39?,40?,42+,43-/m1/s1. The first-order chi connectivity index (χ1) is 30.7. The predicted molar refractivity (Wildman–Crippen MR) is 217 cm³/mol. The number of methoxy groups -OCH3 is 1. The summed E-state index contributed by atoms with van der Waals surface area (Å²) in [5, 5.41) is 137. The van der Waals surface area contributed by atoms with Crippen LogP contribution in [0.25, 0.3) is 0 Å². The van der Waals surface area contributed by atoms with Gasteiger partial charge in [-0.2, -0.15) is 0 Å². The van der Waals surface area contributed by atoms with Crippen LogP contribution in [0.4, 0.5) is 0 Å². The van der Waals surface area contributed by atoms with Gasteiger partial charge in [0.1, 0.15) is 85.5 Å². The van der Waals surface area contributed by atoms with Crippen LogP contribution in [-0.4, -0.2) is 222 Å². The molecular formula is C43H72O22. The highest BCUT2D eigenvalue weighted by molar-refractivity contribution is 5.77. The van der Waals surface area contributed by atoms with Crippen molar-refractivity contribution in [3.63, 3.8) is 0 Å². The van der Waals surface area contributed by atoms with Gasteiger partial charge in [0.2, 0.25) is 6.29 Å². The quantitative estimate of drug-likeness (QED) is 0.0423. The van der Waals surface area contributed by atoms with Gasteiger partial charge < -0.3 is 104 Å². The van der Waals surface area contributed by atoms with E-state index in [1.165, 1.54) is 14.0 Å². The van der Waals surface area contributed by atoms with Gasteiger partial charge in [0.15, 0.2) is 18.9 Å². The van der Waals surface area contributed by atoms with E-state index in [1.54, 1.807) is 0 Å². The summed E-state index contributed by atoms with van der Waals surface area (Å²) in [5.74, 6) is -0.700. The molecule has 13 N–H and O–H groups in total. The molecule has 6 fully saturated rings. The Morgan fingerprint density at radius 2 is 1.28 bits per heavy atom. The summed E-state index contributed by atoms with van der Waals surface area (Å²) in [4.78, 5) is 14.2. The van der Waals surface area contributed by atoms with Crippen LogP contribution in [0.15, 0.2) is 12.2 Å². The van der Waals surface area contributed by atoms with E-state index < -0.39 is 159 Å². The van der Waals surface area contributed by atoms with E-state index in [-0.39, 0.29) is 17.8 Å². The first-order valence-corrected chi connectivity index (χ1v) is 22.6. The highest BCUT2D eigenvalue weighted by Crippen LogP contribution is 2.64. The minimum atomic E-state index is -2.22. The van der Waals surface area contributed by atoms with Gasteiger partial charge in [-0.15, -0.1) is 0 Å². The fourth-order valence-corrected chi connectivity index (χ4v) is 11.5. The van der Waals surface area contributed by atoms with E-state index in [1.807, 2.05) is 6.92 Å². The number of carbonyl (C=O) groups is 1. The van der Waals surface area contributed by atoms with Crippen molar-refractivity contribution in [3.05, 3.63) is 12.2 Å². The van der Waals surface area contributed by atoms with Crippen molar-refractivity contribution >= 4 is 5.97 Å². The minimum absolute atomic E-state index is 0.0288. The highest BCUT2D eigenvalue weighted by Gasteiger charge is 2.61. The Balaban J connectivity index is 1.24. The molecule has 22 nitrogen and oxygen atoms in total. The molecule has 6 rings (SSSR count). The normalized spacial score (nSPS) is 48.0. The lowest BCUT2D eigenvalue weighted by Gasteiger charge is -2.59. The van der Waals surface area contributed by atoms with Crippen LogP contribution < -0.4 is 0 Å². The zero-order chi connectivity index (χ0) is 47.9. The molecule has 0 bridgehead atoms. The molecule has 6 aliphatic rings. The number of hydrogen-bond donors (Lipinski definition) is 13. The lowest BCUT2D eigenvalue weighted by molar-refractivity contribution is -0.382. The maximum Gasteiger partial charge on any atom is 0.314 e. The molecule has 0 aromatic heterocycles. The Bertz CT molecular complexity index is 1570. The average molecular weight is 941 g/mol. The molecule has 3 aliphatic heterocycles. The van der Waals surface area contributed by atoms with Gasteiger partial charge >= 0.3 is 5.97 Å². The Hall–Kier alpha value is -1.59. The second-order valence-corrected chi connectivity index (χ2v) is 19.4. The number of rotatable bonds is 15. The highest BCUT2D eigenvalue weighted by atomic mass is 16.8. The molecule has 3 saturated carbocycles. The van der Waals surface area contributed by atoms with Crippen molar-refractivity contribution in [1.82, 2.24) is 0 Å². The summed E-state index contributed by atoms with van der Waals surface area (Å²) in [6.07, 6.45) is -28.2. The van der Waals surface area contributed by atoms with Gasteiger partial charge in [0.05, 0.1) is 37.4 Å². The largest absolute Gasteiger partial charge is 0.432 e. The van der Waals surface area contributed by atoms with Gasteiger partial charge in [0.25, 0.3) is 0 Å². The van der Waals surface area contributed by atoms with E-state index in [9.17, 15) is 71.2 Å². The van der Waals surface area contributed by atoms with E-state index in [0.29, 0.717) is 50.5 Å². The lowest BCUT2D eigenvalue weighted by atomic mass is 9.45. The topological polar surface area (TPSA) is 354 Å². The third-order valence-corrected chi connectivity index (χ3v) is 15.5. The van der Waals surface area contributed by atoms with Crippen LogP contribution in [0.5, 0.6) is 0 Å². The van der Waals surface area contributed by atoms with Crippen molar-refractivity contribution in [3.8, 4) is 0 Å². The molecule has 65 heavy (non-hydrogen) atoms. The molecule has 0 amide bonds. The molecule has 3 aliphatic carbocycles. The molecule has 22 heteroatoms. The van der Waals surface area contributed by atoms with Crippen LogP contribution in [0.1, 0.15) is 72.1 Å². The number of aliphatic hydroxyl groups is 13. The summed E-state index contributed by atoms with van der Waals surface area (Å²) >= 11 is 0. The van der Waals surface area contributed by atoms with E-state index in [4.69, 9.17) is 37.9 Å². The number of aliphatic hydroxyl groups excluding tert-OH is 13. The second kappa shape index (κ2) is 21.6. The van der Waals surface area contributed by atoms with Gasteiger partial charge in [0, 0.05) is 7.11 Å². The Morgan fingerprint density at radius 3 is 1.88 bits per heavy atom. The number of esters is 1. The van der Waals surface area contributed by atoms with Gasteiger partial charge in [-0.05, 0) is 87.5 Å². The van der Waals surface area contributed by atoms with Crippen molar-refractivity contribution in [1.29, 1.82) is 0 Å². The molecule has 0 spiro atoms. The summed E-state index contributed by atoms with van der Waals surface area (Å²) in [6.45, 7) is 7.52. The van der Waals surface area contributed by atoms with Crippen molar-refractivity contribution in [2.24, 2.45) is 28.6 Å². The third-order valence-electron chi connectivity index (χ3n) is 15.5. The molecule has 3 heterocycles. The summed E-state index contributed by atoms with van der Waals surface area (Å²) in [7, 11) is 1.27. The lowest BCUT2D eigenvalue weighted by Crippen LogP contribution is -2.66. The zero-order valence-corrected chi connectivity index (χ0v) is 37.3. The van der Waals surface area contributed by atoms with Gasteiger partial charge in [-0.3, -0.25) is 4.79 Å². The van der Waals surface area contributed by atoms with E-state index >= 15 is 0 Å². The molecule has 25 atom stereocenters. The van der Waals surface area contributed by atoms with Crippen LogP contribution in [0.3, 0.4) is 0 Å². The van der Waals surface area contributed by atoms with Crippen molar-refractivity contribution in [2.45, 2.75) is 195 Å². The first kappa shape index (κ1) is 52.8. The predicted octanol–water partition coefficient (Wildman–Crippen LogP) is -3.98. The zero-order valence-electron chi connectivity index (χ0n) is 37.3. The Morgan fingerprint density at radius 1 is 0.708 bits per heavy atom. The average Bonchev–Trinajstić information content (AvgIpc) is 3.45. The summed E-state index contributed by atoms with van der Waals surface area (Å²) in [6, 6.07) is 0. The summed E-state index contributed by atoms with van der Waals surface area (Å²) < 4.78 is 46.5. The third kappa shape index (κ3) is 10.3. The van der Waals surface area contributed by atoms with Crippen LogP contribution in [0.2, 0.25) is 0 Å². The Kier molecular flexibility index (Phi) is 17.5. The number of ether oxygens (including phenoxy) is 8. The molecule has 0 aromatic rings. The fourth-order valence-electron chi connectivity index (χ4n) is 11.5. The van der Waals surface area contributed by atoms with Crippen molar-refractivity contribution in [2.75, 3.05) is 26.9 Å². The number of fused-ring (bicyclic) bond motifs is 3. The van der Waals surface area contributed by atoms with Crippen molar-refractivity contribution < 1.29 is 109 Å². The fraction of sp³-hybridized carbons (Fsp3) is 0.930. The summed E-state index contributed by atoms with van der Waals surface area (Å²) in [5.41, 5.74) is -0.791. The molecular weight excluding hydrogens is 868 g/mol. The molecule has 3 saturated heterocycles. The van der Waals surface area contributed by atoms with Crippen LogP contribution in [0, 0.1) is 28.6 Å². The van der Waals surface area contributed by atoms with E-state index in [2.05, 4.69) is 13.5 Å². The maximum atomic E-state index is 14.2. The number of hydrogen-bond acceptors (Lipinski definition) is 22. The maximum absolute atomic E-state index is 14.2. The SMILES string of the molecule is C=C1CC2CCC3[C@](C)(C(=O)OC4OC(CO)C(O)C(O)C4O)CCC[C@@]3(C)[C@@H]2CCC1OC1OC(CO)C(O)C(OC2OC(CO)C(O)C(O)C2O)C1OC(O)C(O)C(O)C(C)OC. The van der Waals surface area contributed by atoms with Crippen LogP contribution in [-0.2, 0) is 42.7 Å². The molecule has 376 valence electrons. The smallest absolute Gasteiger partial charge is 0.314 e.